The summed E-state index contributed by atoms with van der Waals surface area (Å²) < 4.78 is 0. The number of piperidine rings is 1. The summed E-state index contributed by atoms with van der Waals surface area (Å²) in [6.45, 7) is 3.62. The smallest absolute Gasteiger partial charge is 0.270 e. The topological polar surface area (TPSA) is 35.9 Å². The van der Waals surface area contributed by atoms with Crippen molar-refractivity contribution in [3.63, 3.8) is 0 Å². The molecule has 0 saturated carbocycles. The average Bonchev–Trinajstić information content (AvgIpc) is 3.05. The Balaban J connectivity index is 1.75. The first kappa shape index (κ1) is 20.5. The van der Waals surface area contributed by atoms with Crippen molar-refractivity contribution in [2.75, 3.05) is 18.1 Å². The highest BCUT2D eigenvalue weighted by molar-refractivity contribution is 6.41. The zero-order valence-electron chi connectivity index (χ0n) is 16.1. The van der Waals surface area contributed by atoms with Crippen molar-refractivity contribution in [3.05, 3.63) is 63.1 Å². The number of rotatable bonds is 3. The summed E-state index contributed by atoms with van der Waals surface area (Å²) in [7, 11) is 0. The van der Waals surface area contributed by atoms with Gasteiger partial charge in [-0.15, -0.1) is 0 Å². The molecule has 0 unspecified atom stereocenters. The molecule has 1 amide bonds. The molecule has 152 valence electrons. The van der Waals surface area contributed by atoms with E-state index < -0.39 is 0 Å². The summed E-state index contributed by atoms with van der Waals surface area (Å²) in [6, 6.07) is 12.8. The monoisotopic (exact) mass is 449 g/mol. The Hall–Kier alpha value is -1.75. The minimum Gasteiger partial charge on any atom is -0.338 e. The van der Waals surface area contributed by atoms with E-state index in [0.717, 1.165) is 37.2 Å². The lowest BCUT2D eigenvalue weighted by molar-refractivity contribution is -0.125. The number of carbonyl (C=O) groups excluding carboxylic acids is 1. The molecule has 2 aromatic carbocycles. The molecule has 1 fully saturated rings. The number of anilines is 1. The van der Waals surface area contributed by atoms with E-state index in [1.807, 2.05) is 47.2 Å². The van der Waals surface area contributed by atoms with Gasteiger partial charge in [0, 0.05) is 29.1 Å². The van der Waals surface area contributed by atoms with Gasteiger partial charge in [0.25, 0.3) is 5.91 Å². The standard InChI is InChI=1S/C22H22Cl3N3O/c1-14-20(22(29)27-11-3-2-4-12-27)26-28(19-10-9-17(24)13-18(19)25)21(14)15-5-7-16(23)8-6-15/h5-10,13-14,21H,2-4,11-12H2,1H3/t14-,21-/m0/s1. The van der Waals surface area contributed by atoms with Gasteiger partial charge in [-0.05, 0) is 55.2 Å². The minimum absolute atomic E-state index is 0.0174. The maximum absolute atomic E-state index is 13.3. The Morgan fingerprint density at radius 2 is 1.62 bits per heavy atom. The van der Waals surface area contributed by atoms with Crippen LogP contribution in [0.4, 0.5) is 5.69 Å². The second kappa shape index (κ2) is 8.55. The van der Waals surface area contributed by atoms with Crippen LogP contribution in [-0.4, -0.2) is 29.6 Å². The number of nitrogens with zero attached hydrogens (tertiary/aromatic N) is 3. The van der Waals surface area contributed by atoms with Crippen LogP contribution in [0.2, 0.25) is 15.1 Å². The fourth-order valence-electron chi connectivity index (χ4n) is 4.09. The van der Waals surface area contributed by atoms with Crippen molar-refractivity contribution in [3.8, 4) is 0 Å². The molecule has 2 heterocycles. The van der Waals surface area contributed by atoms with Crippen molar-refractivity contribution in [1.82, 2.24) is 4.90 Å². The highest BCUT2D eigenvalue weighted by Gasteiger charge is 2.41. The molecule has 2 aliphatic heterocycles. The lowest BCUT2D eigenvalue weighted by Crippen LogP contribution is -2.41. The zero-order chi connectivity index (χ0) is 20.5. The third-order valence-electron chi connectivity index (χ3n) is 5.61. The lowest BCUT2D eigenvalue weighted by Gasteiger charge is -2.29. The van der Waals surface area contributed by atoms with Crippen molar-refractivity contribution < 1.29 is 4.79 Å². The van der Waals surface area contributed by atoms with Gasteiger partial charge >= 0.3 is 0 Å². The zero-order valence-corrected chi connectivity index (χ0v) is 18.4. The van der Waals surface area contributed by atoms with Gasteiger partial charge in [-0.2, -0.15) is 5.10 Å². The van der Waals surface area contributed by atoms with Crippen LogP contribution in [0.25, 0.3) is 0 Å². The fourth-order valence-corrected chi connectivity index (χ4v) is 4.71. The van der Waals surface area contributed by atoms with E-state index in [4.69, 9.17) is 39.9 Å². The van der Waals surface area contributed by atoms with Gasteiger partial charge in [-0.1, -0.05) is 53.9 Å². The first-order chi connectivity index (χ1) is 14.0. The molecular formula is C22H22Cl3N3O. The molecule has 1 saturated heterocycles. The molecule has 7 heteroatoms. The normalized spacial score (nSPS) is 22.0. The number of hydrogen-bond acceptors (Lipinski definition) is 3. The molecule has 0 spiro atoms. The Morgan fingerprint density at radius 1 is 0.966 bits per heavy atom. The highest BCUT2D eigenvalue weighted by atomic mass is 35.5. The molecule has 2 aromatic rings. The van der Waals surface area contributed by atoms with E-state index in [9.17, 15) is 4.79 Å². The van der Waals surface area contributed by atoms with Crippen LogP contribution < -0.4 is 5.01 Å². The van der Waals surface area contributed by atoms with Crippen molar-refractivity contribution >= 4 is 52.1 Å². The Labute approximate surface area is 186 Å². The third kappa shape index (κ3) is 4.11. The summed E-state index contributed by atoms with van der Waals surface area (Å²) in [6.07, 6.45) is 3.26. The van der Waals surface area contributed by atoms with Gasteiger partial charge in [0.05, 0.1) is 16.8 Å². The number of benzene rings is 2. The summed E-state index contributed by atoms with van der Waals surface area (Å²) in [5.41, 5.74) is 2.32. The van der Waals surface area contributed by atoms with Crippen LogP contribution >= 0.6 is 34.8 Å². The molecule has 0 radical (unpaired) electrons. The van der Waals surface area contributed by atoms with Crippen LogP contribution in [0, 0.1) is 5.92 Å². The maximum atomic E-state index is 13.3. The molecule has 4 rings (SSSR count). The summed E-state index contributed by atoms with van der Waals surface area (Å²) in [5.74, 6) is -0.0823. The van der Waals surface area contributed by atoms with Crippen LogP contribution in [0.3, 0.4) is 0 Å². The van der Waals surface area contributed by atoms with E-state index in [-0.39, 0.29) is 17.9 Å². The number of halogens is 3. The second-order valence-electron chi connectivity index (χ2n) is 7.56. The largest absolute Gasteiger partial charge is 0.338 e. The number of carbonyl (C=O) groups is 1. The number of hydrazone groups is 1. The Bertz CT molecular complexity index is 939. The first-order valence-electron chi connectivity index (χ1n) is 9.83. The summed E-state index contributed by atoms with van der Waals surface area (Å²) in [4.78, 5) is 15.2. The van der Waals surface area contributed by atoms with Crippen molar-refractivity contribution in [2.45, 2.75) is 32.2 Å². The quantitative estimate of drug-likeness (QED) is 0.557. The Kier molecular flexibility index (Phi) is 6.05. The summed E-state index contributed by atoms with van der Waals surface area (Å²) in [5, 5.41) is 8.36. The molecule has 2 atom stereocenters. The van der Waals surface area contributed by atoms with E-state index in [1.54, 1.807) is 12.1 Å². The molecule has 2 aliphatic rings. The number of likely N-dealkylation sites (tertiary alicyclic amines) is 1. The Morgan fingerprint density at radius 3 is 2.28 bits per heavy atom. The first-order valence-corrected chi connectivity index (χ1v) is 11.0. The van der Waals surface area contributed by atoms with Gasteiger partial charge in [0.2, 0.25) is 0 Å². The van der Waals surface area contributed by atoms with Crippen LogP contribution in [0.15, 0.2) is 47.6 Å². The SMILES string of the molecule is C[C@H]1C(C(=O)N2CCCCC2)=NN(c2ccc(Cl)cc2Cl)[C@@H]1c1ccc(Cl)cc1. The molecule has 4 nitrogen and oxygen atoms in total. The minimum atomic E-state index is -0.158. The molecule has 0 bridgehead atoms. The lowest BCUT2D eigenvalue weighted by atomic mass is 9.90. The molecular weight excluding hydrogens is 429 g/mol. The predicted octanol–water partition coefficient (Wildman–Crippen LogP) is 6.21. The van der Waals surface area contributed by atoms with Gasteiger partial charge in [0.1, 0.15) is 5.71 Å². The third-order valence-corrected chi connectivity index (χ3v) is 6.40. The van der Waals surface area contributed by atoms with Gasteiger partial charge < -0.3 is 4.90 Å². The van der Waals surface area contributed by atoms with Gasteiger partial charge in [-0.25, -0.2) is 0 Å². The fraction of sp³-hybridized carbons (Fsp3) is 0.364. The highest BCUT2D eigenvalue weighted by Crippen LogP contribution is 2.42. The number of hydrogen-bond donors (Lipinski definition) is 0. The van der Waals surface area contributed by atoms with E-state index in [0.29, 0.717) is 20.8 Å². The van der Waals surface area contributed by atoms with E-state index in [1.165, 1.54) is 6.42 Å². The molecule has 0 aromatic heterocycles. The predicted molar refractivity (Wildman–Crippen MR) is 120 cm³/mol. The van der Waals surface area contributed by atoms with E-state index in [2.05, 4.69) is 0 Å². The molecule has 0 aliphatic carbocycles. The van der Waals surface area contributed by atoms with Crippen LogP contribution in [-0.2, 0) is 4.79 Å². The average molecular weight is 451 g/mol. The van der Waals surface area contributed by atoms with Crippen molar-refractivity contribution in [2.24, 2.45) is 11.0 Å². The second-order valence-corrected chi connectivity index (χ2v) is 8.84. The molecule has 29 heavy (non-hydrogen) atoms. The van der Waals surface area contributed by atoms with E-state index >= 15 is 0 Å². The molecule has 0 N–H and O–H groups in total. The van der Waals surface area contributed by atoms with Gasteiger partial charge in [0.15, 0.2) is 0 Å². The van der Waals surface area contributed by atoms with Gasteiger partial charge in [-0.3, -0.25) is 9.80 Å². The summed E-state index contributed by atoms with van der Waals surface area (Å²) >= 11 is 18.7. The van der Waals surface area contributed by atoms with Crippen LogP contribution in [0.5, 0.6) is 0 Å². The van der Waals surface area contributed by atoms with Crippen molar-refractivity contribution in [1.29, 1.82) is 0 Å². The number of amides is 1. The maximum Gasteiger partial charge on any atom is 0.270 e. The van der Waals surface area contributed by atoms with Crippen LogP contribution in [0.1, 0.15) is 37.8 Å².